The van der Waals surface area contributed by atoms with E-state index in [9.17, 15) is 7.85 Å². The van der Waals surface area contributed by atoms with Crippen molar-refractivity contribution in [2.45, 2.75) is 70.8 Å². The third kappa shape index (κ3) is 5.79. The van der Waals surface area contributed by atoms with E-state index in [-0.39, 0.29) is 43.7 Å². The van der Waals surface area contributed by atoms with Crippen molar-refractivity contribution in [1.29, 1.82) is 0 Å². The Kier molecular flexibility index (Phi) is 7.25. The second-order valence-corrected chi connectivity index (χ2v) is 13.7. The van der Waals surface area contributed by atoms with Gasteiger partial charge in [-0.2, -0.15) is 0 Å². The van der Waals surface area contributed by atoms with Gasteiger partial charge in [-0.25, -0.2) is 4.98 Å². The van der Waals surface area contributed by atoms with Crippen molar-refractivity contribution in [1.82, 2.24) is 4.98 Å². The Morgan fingerprint density at radius 3 is 2.31 bits per heavy atom. The van der Waals surface area contributed by atoms with E-state index in [1.54, 1.807) is 18.2 Å². The van der Waals surface area contributed by atoms with Crippen molar-refractivity contribution in [3.63, 3.8) is 0 Å². The van der Waals surface area contributed by atoms with Crippen molar-refractivity contribution in [3.8, 4) is 17.4 Å². The number of phenols is 1. The van der Waals surface area contributed by atoms with Gasteiger partial charge in [0.15, 0.2) is 0 Å². The van der Waals surface area contributed by atoms with Crippen molar-refractivity contribution in [2.75, 3.05) is 4.90 Å². The normalized spacial score (nSPS) is 19.2. The van der Waals surface area contributed by atoms with Crippen LogP contribution in [0, 0.1) is 6.07 Å². The minimum absolute atomic E-state index is 0. The molecule has 0 unspecified atom stereocenters. The molecule has 2 atom stereocenters. The van der Waals surface area contributed by atoms with Crippen LogP contribution in [0.1, 0.15) is 78.1 Å². The van der Waals surface area contributed by atoms with Crippen LogP contribution in [0.15, 0.2) is 96.0 Å². The van der Waals surface area contributed by atoms with Gasteiger partial charge in [0, 0.05) is 46.7 Å². The van der Waals surface area contributed by atoms with Gasteiger partial charge >= 0.3 is 0 Å². The van der Waals surface area contributed by atoms with Crippen LogP contribution in [0.2, 0.25) is 0 Å². The van der Waals surface area contributed by atoms with Crippen LogP contribution in [0.25, 0.3) is 10.9 Å². The topological polar surface area (TPSA) is 58.0 Å². The van der Waals surface area contributed by atoms with E-state index >= 15 is 0 Å². The predicted octanol–water partition coefficient (Wildman–Crippen LogP) is 9.06. The molecule has 0 radical (unpaired) electrons. The number of amidine groups is 1. The number of pyridine rings is 1. The maximum atomic E-state index is 10.3. The van der Waals surface area contributed by atoms with E-state index in [1.807, 2.05) is 54.6 Å². The van der Waals surface area contributed by atoms with Crippen LogP contribution in [0.4, 0.5) is 5.69 Å². The smallest absolute Gasteiger partial charge is 0.217 e. The van der Waals surface area contributed by atoms with Crippen molar-refractivity contribution >= 4 is 22.4 Å². The molecule has 6 heteroatoms. The molecule has 0 spiro atoms. The number of anilines is 1. The first-order valence-corrected chi connectivity index (χ1v) is 15.1. The Morgan fingerprint density at radius 2 is 1.58 bits per heavy atom. The minimum atomic E-state index is -1.66. The molecule has 4 aromatic carbocycles. The van der Waals surface area contributed by atoms with Crippen molar-refractivity contribution < 1.29 is 33.7 Å². The van der Waals surface area contributed by atoms with E-state index in [4.69, 9.17) is 9.73 Å². The number of hydrogen-bond acceptors (Lipinski definition) is 5. The number of nitrogens with zero attached hydrogens (tertiary/aromatic N) is 3. The summed E-state index contributed by atoms with van der Waals surface area (Å²) in [5.74, 6) is 1.52. The van der Waals surface area contributed by atoms with E-state index in [0.29, 0.717) is 34.1 Å². The van der Waals surface area contributed by atoms with Gasteiger partial charge in [-0.05, 0) is 63.7 Å². The van der Waals surface area contributed by atoms with Crippen LogP contribution in [0.3, 0.4) is 0 Å². The van der Waals surface area contributed by atoms with E-state index in [2.05, 4.69) is 75.7 Å². The summed E-state index contributed by atoms with van der Waals surface area (Å²) < 4.78 is 25.1. The molecule has 5 nitrogen and oxygen atoms in total. The molecule has 7 rings (SSSR count). The number of aromatic hydroxyl groups is 1. The van der Waals surface area contributed by atoms with Gasteiger partial charge in [-0.1, -0.05) is 90.1 Å². The molecule has 0 bridgehead atoms. The number of aromatic nitrogens is 1. The Balaban J connectivity index is 0.00000386. The Morgan fingerprint density at radius 1 is 0.867 bits per heavy atom. The molecule has 45 heavy (non-hydrogen) atoms. The van der Waals surface area contributed by atoms with Crippen molar-refractivity contribution in [3.05, 3.63) is 125 Å². The van der Waals surface area contributed by atoms with Crippen LogP contribution in [-0.2, 0) is 38.3 Å². The standard InChI is InChI=1S/C39H38N3O2.Pt/c1-38(2,3)27-21-28(39(4,5)6)23-29(22-27)42-32-20-25-11-7-8-15-31(25)36(32)41-37(42)26-13-9-14-30(19-26)44-34-18-17-24-12-10-16-33(43)35(24)40-34;/h7-18,21-23,32,36,43H,20H2,1-6H3;/q-1;/t32-,36+;/m1./s1/i20D2;. The largest absolute Gasteiger partial charge is 0.506 e. The third-order valence-corrected chi connectivity index (χ3v) is 8.47. The number of rotatable bonds is 4. The van der Waals surface area contributed by atoms with Gasteiger partial charge in [0.25, 0.3) is 0 Å². The summed E-state index contributed by atoms with van der Waals surface area (Å²) in [6.45, 7) is 13.3. The monoisotopic (exact) mass is 777 g/mol. The minimum Gasteiger partial charge on any atom is -0.506 e. The van der Waals surface area contributed by atoms with E-state index in [0.717, 1.165) is 16.6 Å². The number of benzene rings is 4. The first-order chi connectivity index (χ1) is 21.7. The zero-order valence-corrected chi connectivity index (χ0v) is 28.6. The first-order valence-electron chi connectivity index (χ1n) is 16.1. The fourth-order valence-corrected chi connectivity index (χ4v) is 5.99. The predicted molar refractivity (Wildman–Crippen MR) is 178 cm³/mol. The first kappa shape index (κ1) is 28.5. The fraction of sp³-hybridized carbons (Fsp3) is 0.282. The van der Waals surface area contributed by atoms with Gasteiger partial charge in [-0.3, -0.25) is 0 Å². The third-order valence-electron chi connectivity index (χ3n) is 8.47. The Hall–Kier alpha value is -3.95. The summed E-state index contributed by atoms with van der Waals surface area (Å²) in [5, 5.41) is 11.2. The fourth-order valence-electron chi connectivity index (χ4n) is 5.99. The van der Waals surface area contributed by atoms with Gasteiger partial charge < -0.3 is 19.7 Å². The molecular weight excluding hydrogens is 738 g/mol. The molecule has 0 amide bonds. The maximum absolute atomic E-state index is 10.3. The molecule has 0 saturated carbocycles. The number of ether oxygens (including phenoxy) is 1. The van der Waals surface area contributed by atoms with Gasteiger partial charge in [0.05, 0.1) is 17.9 Å². The molecule has 1 aliphatic heterocycles. The summed E-state index contributed by atoms with van der Waals surface area (Å²) in [4.78, 5) is 11.9. The Labute approximate surface area is 283 Å². The van der Waals surface area contributed by atoms with Crippen LogP contribution >= 0.6 is 0 Å². The summed E-state index contributed by atoms with van der Waals surface area (Å²) in [6, 6.07) is 31.4. The van der Waals surface area contributed by atoms with Crippen molar-refractivity contribution in [2.24, 2.45) is 4.99 Å². The molecule has 1 aromatic heterocycles. The molecule has 5 aromatic rings. The number of hydrogen-bond donors (Lipinski definition) is 1. The molecular formula is C39H38N3O2Pt-. The van der Waals surface area contributed by atoms with Gasteiger partial charge in [0.2, 0.25) is 5.88 Å². The molecule has 0 saturated heterocycles. The number of aliphatic imine (C=N–C) groups is 1. The molecule has 232 valence electrons. The maximum Gasteiger partial charge on any atom is 0.217 e. The summed E-state index contributed by atoms with van der Waals surface area (Å²) >= 11 is 0. The zero-order chi connectivity index (χ0) is 32.6. The Bertz CT molecular complexity index is 2000. The quantitative estimate of drug-likeness (QED) is 0.185. The average molecular weight is 778 g/mol. The van der Waals surface area contributed by atoms with Crippen LogP contribution < -0.4 is 9.64 Å². The SMILES string of the molecule is [2H]C1([2H])c2ccccc2[C@@H]2N=C(c3[c-]c(Oc4ccc5cccc(O)c5n4)ccc3)N(c3cc(C(C)(C)C)cc(C(C)(C)C)c3)[C@@H]21.[Pt]. The number of phenolic OH excluding ortho intramolecular Hbond substituents is 1. The van der Waals surface area contributed by atoms with Crippen LogP contribution in [-0.4, -0.2) is 22.0 Å². The molecule has 2 heterocycles. The van der Waals surface area contributed by atoms with Crippen LogP contribution in [0.5, 0.6) is 17.4 Å². The average Bonchev–Trinajstić information content (AvgIpc) is 3.51. The summed E-state index contributed by atoms with van der Waals surface area (Å²) in [7, 11) is 0. The van der Waals surface area contributed by atoms with Gasteiger partial charge in [0.1, 0.15) is 11.3 Å². The number of fused-ring (bicyclic) bond motifs is 4. The number of para-hydroxylation sites is 1. The molecule has 2 aliphatic rings. The second-order valence-electron chi connectivity index (χ2n) is 13.7. The van der Waals surface area contributed by atoms with E-state index in [1.165, 1.54) is 11.1 Å². The molecule has 1 N–H and O–H groups in total. The summed E-state index contributed by atoms with van der Waals surface area (Å²) in [6.07, 6.45) is -1.66. The summed E-state index contributed by atoms with van der Waals surface area (Å²) in [5.41, 5.74) is 5.79. The molecule has 1 aliphatic carbocycles. The zero-order valence-electron chi connectivity index (χ0n) is 28.3. The molecule has 0 fully saturated rings. The second kappa shape index (κ2) is 11.4. The van der Waals surface area contributed by atoms with Gasteiger partial charge in [-0.15, -0.1) is 23.8 Å². The van der Waals surface area contributed by atoms with E-state index < -0.39 is 12.4 Å².